The van der Waals surface area contributed by atoms with Crippen LogP contribution in [-0.2, 0) is 0 Å². The molecule has 1 aliphatic carbocycles. The molecule has 1 aromatic rings. The molecule has 0 atom stereocenters. The molecule has 0 bridgehead atoms. The summed E-state index contributed by atoms with van der Waals surface area (Å²) in [5.41, 5.74) is 1.22. The normalized spacial score (nSPS) is 18.9. The fourth-order valence-electron chi connectivity index (χ4n) is 2.05. The summed E-state index contributed by atoms with van der Waals surface area (Å²) in [6.45, 7) is 0. The van der Waals surface area contributed by atoms with Crippen LogP contribution in [0, 0.1) is 5.92 Å². The van der Waals surface area contributed by atoms with Crippen LogP contribution in [0.15, 0.2) is 30.6 Å². The molecule has 0 aliphatic heterocycles. The van der Waals surface area contributed by atoms with Gasteiger partial charge < -0.3 is 0 Å². The second-order valence-electron chi connectivity index (χ2n) is 4.04. The van der Waals surface area contributed by atoms with Crippen molar-refractivity contribution >= 4 is 6.08 Å². The van der Waals surface area contributed by atoms with E-state index in [2.05, 4.69) is 23.2 Å². The van der Waals surface area contributed by atoms with Crippen molar-refractivity contribution < 1.29 is 0 Å². The topological polar surface area (TPSA) is 12.9 Å². The highest BCUT2D eigenvalue weighted by Crippen LogP contribution is 2.25. The van der Waals surface area contributed by atoms with Crippen LogP contribution in [0.5, 0.6) is 0 Å². The molecule has 2 rings (SSSR count). The number of aromatic nitrogens is 1. The average Bonchev–Trinajstić information content (AvgIpc) is 2.29. The lowest BCUT2D eigenvalue weighted by Gasteiger charge is -2.17. The first kappa shape index (κ1) is 9.45. The van der Waals surface area contributed by atoms with E-state index in [-0.39, 0.29) is 0 Å². The lowest BCUT2D eigenvalue weighted by Crippen LogP contribution is -2.02. The molecule has 1 fully saturated rings. The fraction of sp³-hybridized carbons (Fsp3) is 0.462. The summed E-state index contributed by atoms with van der Waals surface area (Å²) in [7, 11) is 0. The third kappa shape index (κ3) is 2.69. The highest BCUT2D eigenvalue weighted by Gasteiger charge is 2.09. The number of hydrogen-bond acceptors (Lipinski definition) is 1. The zero-order valence-corrected chi connectivity index (χ0v) is 8.52. The lowest BCUT2D eigenvalue weighted by molar-refractivity contribution is 0.420. The number of hydrogen-bond donors (Lipinski definition) is 0. The van der Waals surface area contributed by atoms with Gasteiger partial charge in [-0.3, -0.25) is 4.98 Å². The summed E-state index contributed by atoms with van der Waals surface area (Å²) in [6, 6.07) is 4.09. The Morgan fingerprint density at radius 2 is 2.07 bits per heavy atom. The average molecular weight is 187 g/mol. The largest absolute Gasteiger partial charge is 0.264 e. The van der Waals surface area contributed by atoms with Crippen molar-refractivity contribution in [2.24, 2.45) is 5.92 Å². The molecule has 14 heavy (non-hydrogen) atoms. The van der Waals surface area contributed by atoms with Crippen molar-refractivity contribution in [3.05, 3.63) is 36.2 Å². The summed E-state index contributed by atoms with van der Waals surface area (Å²) in [5, 5.41) is 0. The van der Waals surface area contributed by atoms with Crippen LogP contribution in [0.1, 0.15) is 37.7 Å². The molecule has 0 aromatic carbocycles. The minimum atomic E-state index is 0.809. The van der Waals surface area contributed by atoms with Gasteiger partial charge in [0.05, 0.1) is 0 Å². The molecule has 1 saturated carbocycles. The van der Waals surface area contributed by atoms with Gasteiger partial charge in [-0.2, -0.15) is 0 Å². The van der Waals surface area contributed by atoms with Crippen molar-refractivity contribution in [3.8, 4) is 0 Å². The van der Waals surface area contributed by atoms with E-state index in [1.807, 2.05) is 18.5 Å². The minimum Gasteiger partial charge on any atom is -0.264 e. The summed E-state index contributed by atoms with van der Waals surface area (Å²) in [6.07, 6.45) is 15.3. The molecule has 74 valence electrons. The van der Waals surface area contributed by atoms with Gasteiger partial charge in [0, 0.05) is 12.4 Å². The molecule has 1 aliphatic rings. The van der Waals surface area contributed by atoms with Crippen LogP contribution in [0.3, 0.4) is 0 Å². The number of rotatable bonds is 2. The van der Waals surface area contributed by atoms with Gasteiger partial charge in [0.2, 0.25) is 0 Å². The van der Waals surface area contributed by atoms with Gasteiger partial charge in [-0.1, -0.05) is 37.5 Å². The second-order valence-corrected chi connectivity index (χ2v) is 4.04. The van der Waals surface area contributed by atoms with Crippen molar-refractivity contribution in [2.45, 2.75) is 32.1 Å². The second kappa shape index (κ2) is 4.94. The summed E-state index contributed by atoms with van der Waals surface area (Å²) in [5.74, 6) is 0.809. The zero-order chi connectivity index (χ0) is 9.64. The SMILES string of the molecule is C(=C\C1CCCCC1)/c1cccnc1. The molecule has 0 N–H and O–H groups in total. The first-order valence-electron chi connectivity index (χ1n) is 5.53. The standard InChI is InChI=1S/C13H17N/c1-2-5-12(6-3-1)8-9-13-7-4-10-14-11-13/h4,7-12H,1-3,5-6H2/b9-8+. The van der Waals surface area contributed by atoms with E-state index >= 15 is 0 Å². The maximum atomic E-state index is 4.10. The molecule has 1 heteroatoms. The third-order valence-corrected chi connectivity index (χ3v) is 2.90. The molecule has 0 spiro atoms. The predicted octanol–water partition coefficient (Wildman–Crippen LogP) is 3.68. The van der Waals surface area contributed by atoms with Crippen LogP contribution >= 0.6 is 0 Å². The van der Waals surface area contributed by atoms with Gasteiger partial charge in [-0.25, -0.2) is 0 Å². The van der Waals surface area contributed by atoms with Crippen LogP contribution in [0.4, 0.5) is 0 Å². The van der Waals surface area contributed by atoms with Gasteiger partial charge in [-0.05, 0) is 30.4 Å². The highest BCUT2D eigenvalue weighted by molar-refractivity contribution is 5.47. The van der Waals surface area contributed by atoms with Crippen molar-refractivity contribution in [2.75, 3.05) is 0 Å². The Kier molecular flexibility index (Phi) is 3.33. The van der Waals surface area contributed by atoms with E-state index in [0.29, 0.717) is 0 Å². The lowest BCUT2D eigenvalue weighted by atomic mass is 9.89. The molecule has 1 heterocycles. The van der Waals surface area contributed by atoms with Crippen molar-refractivity contribution in [3.63, 3.8) is 0 Å². The maximum Gasteiger partial charge on any atom is 0.0340 e. The van der Waals surface area contributed by atoms with E-state index in [9.17, 15) is 0 Å². The molecule has 0 saturated heterocycles. The molecule has 0 radical (unpaired) electrons. The van der Waals surface area contributed by atoms with E-state index in [0.717, 1.165) is 5.92 Å². The Labute approximate surface area is 85.9 Å². The summed E-state index contributed by atoms with van der Waals surface area (Å²) >= 11 is 0. The molecule has 1 nitrogen and oxygen atoms in total. The third-order valence-electron chi connectivity index (χ3n) is 2.90. The number of nitrogens with zero attached hydrogens (tertiary/aromatic N) is 1. The molecular weight excluding hydrogens is 170 g/mol. The predicted molar refractivity (Wildman–Crippen MR) is 59.8 cm³/mol. The first-order chi connectivity index (χ1) is 6.95. The van der Waals surface area contributed by atoms with Crippen LogP contribution in [-0.4, -0.2) is 4.98 Å². The monoisotopic (exact) mass is 187 g/mol. The minimum absolute atomic E-state index is 0.809. The van der Waals surface area contributed by atoms with Gasteiger partial charge in [0.15, 0.2) is 0 Å². The Balaban J connectivity index is 1.93. The molecular formula is C13H17N. The summed E-state index contributed by atoms with van der Waals surface area (Å²) < 4.78 is 0. The Bertz CT molecular complexity index is 283. The number of pyridine rings is 1. The highest BCUT2D eigenvalue weighted by atomic mass is 14.6. The fourth-order valence-corrected chi connectivity index (χ4v) is 2.05. The van der Waals surface area contributed by atoms with Crippen LogP contribution in [0.2, 0.25) is 0 Å². The Morgan fingerprint density at radius 1 is 1.21 bits per heavy atom. The van der Waals surface area contributed by atoms with Gasteiger partial charge in [0.25, 0.3) is 0 Å². The maximum absolute atomic E-state index is 4.10. The van der Waals surface area contributed by atoms with Gasteiger partial charge in [0.1, 0.15) is 0 Å². The van der Waals surface area contributed by atoms with Crippen LogP contribution < -0.4 is 0 Å². The quantitative estimate of drug-likeness (QED) is 0.688. The van der Waals surface area contributed by atoms with Gasteiger partial charge >= 0.3 is 0 Å². The Hall–Kier alpha value is -1.11. The van der Waals surface area contributed by atoms with E-state index in [1.165, 1.54) is 37.7 Å². The van der Waals surface area contributed by atoms with Crippen LogP contribution in [0.25, 0.3) is 6.08 Å². The van der Waals surface area contributed by atoms with Crippen molar-refractivity contribution in [1.29, 1.82) is 0 Å². The zero-order valence-electron chi connectivity index (χ0n) is 8.52. The van der Waals surface area contributed by atoms with E-state index in [4.69, 9.17) is 0 Å². The van der Waals surface area contributed by atoms with Gasteiger partial charge in [-0.15, -0.1) is 0 Å². The summed E-state index contributed by atoms with van der Waals surface area (Å²) in [4.78, 5) is 4.10. The van der Waals surface area contributed by atoms with E-state index in [1.54, 1.807) is 0 Å². The molecule has 1 aromatic heterocycles. The first-order valence-corrected chi connectivity index (χ1v) is 5.53. The number of allylic oxidation sites excluding steroid dienone is 1. The Morgan fingerprint density at radius 3 is 2.79 bits per heavy atom. The molecule has 0 amide bonds. The van der Waals surface area contributed by atoms with E-state index < -0.39 is 0 Å². The molecule has 0 unspecified atom stereocenters. The van der Waals surface area contributed by atoms with Crippen molar-refractivity contribution in [1.82, 2.24) is 4.98 Å². The smallest absolute Gasteiger partial charge is 0.0340 e.